The van der Waals surface area contributed by atoms with Gasteiger partial charge in [0.05, 0.1) is 18.3 Å². The van der Waals surface area contributed by atoms with Crippen molar-refractivity contribution < 1.29 is 23.0 Å². The molecule has 1 unspecified atom stereocenters. The molecular weight excluding hydrogens is 254 g/mol. The van der Waals surface area contributed by atoms with Crippen LogP contribution in [-0.4, -0.2) is 31.7 Å². The summed E-state index contributed by atoms with van der Waals surface area (Å²) in [7, 11) is 0. The number of carbonyl (C=O) groups excluding carboxylic acids is 1. The molecule has 0 amide bonds. The van der Waals surface area contributed by atoms with E-state index in [1.807, 2.05) is 0 Å². The van der Waals surface area contributed by atoms with E-state index in [-0.39, 0.29) is 19.3 Å². The highest BCUT2D eigenvalue weighted by Gasteiger charge is 2.18. The fourth-order valence-corrected chi connectivity index (χ4v) is 2.06. The van der Waals surface area contributed by atoms with Gasteiger partial charge in [-0.25, -0.2) is 8.78 Å². The highest BCUT2D eigenvalue weighted by atomic mass is 19.1. The largest absolute Gasteiger partial charge is 0.376 e. The average Bonchev–Trinajstić information content (AvgIpc) is 2.40. The first-order valence-corrected chi connectivity index (χ1v) is 6.35. The van der Waals surface area contributed by atoms with E-state index in [0.29, 0.717) is 6.61 Å². The summed E-state index contributed by atoms with van der Waals surface area (Å²) in [6.45, 7) is 0.642. The zero-order valence-electron chi connectivity index (χ0n) is 10.5. The fourth-order valence-electron chi connectivity index (χ4n) is 2.06. The maximum atomic E-state index is 13.3. The smallest absolute Gasteiger partial charge is 0.194 e. The maximum absolute atomic E-state index is 13.3. The second-order valence-corrected chi connectivity index (χ2v) is 4.52. The van der Waals surface area contributed by atoms with Crippen molar-refractivity contribution in [3.05, 3.63) is 35.4 Å². The second kappa shape index (κ2) is 6.73. The van der Waals surface area contributed by atoms with E-state index in [1.165, 1.54) is 6.07 Å². The van der Waals surface area contributed by atoms with Gasteiger partial charge in [-0.1, -0.05) is 6.07 Å². The van der Waals surface area contributed by atoms with Crippen molar-refractivity contribution in [2.75, 3.05) is 19.8 Å². The molecule has 1 aliphatic rings. The third-order valence-corrected chi connectivity index (χ3v) is 3.05. The Balaban J connectivity index is 1.84. The number of ether oxygens (including phenoxy) is 2. The molecule has 1 aromatic carbocycles. The van der Waals surface area contributed by atoms with E-state index < -0.39 is 23.0 Å². The van der Waals surface area contributed by atoms with E-state index in [1.54, 1.807) is 0 Å². The number of halogens is 2. The van der Waals surface area contributed by atoms with Crippen LogP contribution in [0.3, 0.4) is 0 Å². The summed E-state index contributed by atoms with van der Waals surface area (Å²) in [5.41, 5.74) is -0.535. The Morgan fingerprint density at radius 2 is 2.05 bits per heavy atom. The number of rotatable bonds is 5. The SMILES string of the molecule is O=C(COCC1CCCCO1)c1c(F)cccc1F. The molecule has 19 heavy (non-hydrogen) atoms. The normalized spacial score (nSPS) is 19.4. The lowest BCUT2D eigenvalue weighted by molar-refractivity contribution is -0.0371. The van der Waals surface area contributed by atoms with Crippen LogP contribution in [0.1, 0.15) is 29.6 Å². The summed E-state index contributed by atoms with van der Waals surface area (Å²) in [5.74, 6) is -2.41. The van der Waals surface area contributed by atoms with Gasteiger partial charge in [-0.15, -0.1) is 0 Å². The van der Waals surface area contributed by atoms with Crippen molar-refractivity contribution in [3.8, 4) is 0 Å². The van der Waals surface area contributed by atoms with Crippen molar-refractivity contribution in [1.29, 1.82) is 0 Å². The molecule has 0 spiro atoms. The molecule has 0 saturated carbocycles. The lowest BCUT2D eigenvalue weighted by Crippen LogP contribution is -2.26. The Bertz CT molecular complexity index is 422. The molecule has 1 aliphatic heterocycles. The van der Waals surface area contributed by atoms with Crippen molar-refractivity contribution >= 4 is 5.78 Å². The van der Waals surface area contributed by atoms with Crippen molar-refractivity contribution in [3.63, 3.8) is 0 Å². The third kappa shape index (κ3) is 3.81. The summed E-state index contributed by atoms with van der Waals surface area (Å²) in [4.78, 5) is 11.7. The van der Waals surface area contributed by atoms with Crippen LogP contribution in [0.4, 0.5) is 8.78 Å². The quantitative estimate of drug-likeness (QED) is 0.772. The van der Waals surface area contributed by atoms with Gasteiger partial charge < -0.3 is 9.47 Å². The molecule has 0 radical (unpaired) electrons. The monoisotopic (exact) mass is 270 g/mol. The number of benzene rings is 1. The van der Waals surface area contributed by atoms with Gasteiger partial charge in [-0.2, -0.15) is 0 Å². The minimum absolute atomic E-state index is 0.0213. The summed E-state index contributed by atoms with van der Waals surface area (Å²) >= 11 is 0. The molecule has 5 heteroatoms. The van der Waals surface area contributed by atoms with Crippen LogP contribution in [0, 0.1) is 11.6 Å². The molecule has 1 aromatic rings. The van der Waals surface area contributed by atoms with E-state index in [2.05, 4.69) is 0 Å². The minimum Gasteiger partial charge on any atom is -0.376 e. The molecule has 1 saturated heterocycles. The molecule has 0 aliphatic carbocycles. The topological polar surface area (TPSA) is 35.5 Å². The molecule has 1 atom stereocenters. The molecule has 104 valence electrons. The maximum Gasteiger partial charge on any atom is 0.194 e. The standard InChI is InChI=1S/C14H16F2O3/c15-11-5-3-6-12(16)14(11)13(17)9-18-8-10-4-1-2-7-19-10/h3,5-6,10H,1-2,4,7-9H2. The molecule has 3 nitrogen and oxygen atoms in total. The molecule has 1 heterocycles. The van der Waals surface area contributed by atoms with Crippen molar-refractivity contribution in [1.82, 2.24) is 0 Å². The van der Waals surface area contributed by atoms with Crippen molar-refractivity contribution in [2.45, 2.75) is 25.4 Å². The Morgan fingerprint density at radius 3 is 2.68 bits per heavy atom. The summed E-state index contributed by atoms with van der Waals surface area (Å²) in [6, 6.07) is 3.33. The van der Waals surface area contributed by atoms with Gasteiger partial charge in [0.15, 0.2) is 5.78 Å². The Kier molecular flexibility index (Phi) is 4.99. The van der Waals surface area contributed by atoms with Crippen LogP contribution < -0.4 is 0 Å². The number of hydrogen-bond acceptors (Lipinski definition) is 3. The first-order chi connectivity index (χ1) is 9.18. The second-order valence-electron chi connectivity index (χ2n) is 4.52. The van der Waals surface area contributed by atoms with E-state index in [9.17, 15) is 13.6 Å². The lowest BCUT2D eigenvalue weighted by Gasteiger charge is -2.22. The van der Waals surface area contributed by atoms with Gasteiger partial charge in [-0.3, -0.25) is 4.79 Å². The van der Waals surface area contributed by atoms with Gasteiger partial charge in [0.2, 0.25) is 0 Å². The highest BCUT2D eigenvalue weighted by molar-refractivity contribution is 5.97. The molecule has 1 fully saturated rings. The first-order valence-electron chi connectivity index (χ1n) is 6.35. The predicted molar refractivity (Wildman–Crippen MR) is 65.1 cm³/mol. The van der Waals surface area contributed by atoms with Crippen LogP contribution in [0.5, 0.6) is 0 Å². The van der Waals surface area contributed by atoms with Crippen molar-refractivity contribution in [2.24, 2.45) is 0 Å². The van der Waals surface area contributed by atoms with Crippen LogP contribution in [0.25, 0.3) is 0 Å². The zero-order chi connectivity index (χ0) is 13.7. The predicted octanol–water partition coefficient (Wildman–Crippen LogP) is 2.73. The van der Waals surface area contributed by atoms with Gasteiger partial charge >= 0.3 is 0 Å². The number of hydrogen-bond donors (Lipinski definition) is 0. The number of ketones is 1. The van der Waals surface area contributed by atoms with Gasteiger partial charge in [0.25, 0.3) is 0 Å². The lowest BCUT2D eigenvalue weighted by atomic mass is 10.1. The number of carbonyl (C=O) groups is 1. The molecular formula is C14H16F2O3. The van der Waals surface area contributed by atoms with Crippen LogP contribution in [0.2, 0.25) is 0 Å². The van der Waals surface area contributed by atoms with Gasteiger partial charge in [0.1, 0.15) is 18.2 Å². The van der Waals surface area contributed by atoms with E-state index in [4.69, 9.17) is 9.47 Å². The summed E-state index contributed by atoms with van der Waals surface area (Å²) < 4.78 is 37.3. The molecule has 0 aromatic heterocycles. The van der Waals surface area contributed by atoms with E-state index >= 15 is 0 Å². The Labute approximate surface area is 110 Å². The third-order valence-electron chi connectivity index (χ3n) is 3.05. The van der Waals surface area contributed by atoms with E-state index in [0.717, 1.165) is 31.4 Å². The fraction of sp³-hybridized carbons (Fsp3) is 0.500. The summed E-state index contributed by atoms with van der Waals surface area (Å²) in [5, 5.41) is 0. The molecule has 0 bridgehead atoms. The van der Waals surface area contributed by atoms with Crippen LogP contribution >= 0.6 is 0 Å². The highest BCUT2D eigenvalue weighted by Crippen LogP contribution is 2.15. The molecule has 2 rings (SSSR count). The minimum atomic E-state index is -0.859. The van der Waals surface area contributed by atoms with Crippen LogP contribution in [-0.2, 0) is 9.47 Å². The molecule has 0 N–H and O–H groups in total. The number of Topliss-reactive ketones (excluding diaryl/α,β-unsaturated/α-hetero) is 1. The average molecular weight is 270 g/mol. The Morgan fingerprint density at radius 1 is 1.32 bits per heavy atom. The van der Waals surface area contributed by atoms with Gasteiger partial charge in [0, 0.05) is 6.61 Å². The zero-order valence-corrected chi connectivity index (χ0v) is 10.5. The van der Waals surface area contributed by atoms with Crippen LogP contribution in [0.15, 0.2) is 18.2 Å². The summed E-state index contributed by atoms with van der Waals surface area (Å²) in [6.07, 6.45) is 2.98. The van der Waals surface area contributed by atoms with Gasteiger partial charge in [-0.05, 0) is 31.4 Å². The Hall–Kier alpha value is -1.33. The first kappa shape index (κ1) is 14.1.